The minimum absolute atomic E-state index is 0.0774. The van der Waals surface area contributed by atoms with Gasteiger partial charge in [-0.3, -0.25) is 9.69 Å². The number of nitrogens with zero attached hydrogens (tertiary/aromatic N) is 2. The molecule has 1 aliphatic rings. The number of nitrogens with one attached hydrogen (secondary N) is 2. The summed E-state index contributed by atoms with van der Waals surface area (Å²) in [7, 11) is 0. The first-order valence-electron chi connectivity index (χ1n) is 7.41. The van der Waals surface area contributed by atoms with Crippen LogP contribution >= 0.6 is 11.3 Å². The smallest absolute Gasteiger partial charge is 0.267 e. The number of hydrogen-bond donors (Lipinski definition) is 2. The van der Waals surface area contributed by atoms with Crippen molar-refractivity contribution >= 4 is 17.2 Å². The van der Waals surface area contributed by atoms with Crippen LogP contribution < -0.4 is 5.32 Å². The fraction of sp³-hybridized carbons (Fsp3) is 0.467. The van der Waals surface area contributed by atoms with Gasteiger partial charge in [-0.2, -0.15) is 0 Å². The molecular weight excluding hydrogens is 300 g/mol. The Morgan fingerprint density at radius 2 is 2.32 bits per heavy atom. The van der Waals surface area contributed by atoms with Gasteiger partial charge in [0.1, 0.15) is 5.69 Å². The van der Waals surface area contributed by atoms with E-state index in [1.807, 2.05) is 24.6 Å². The highest BCUT2D eigenvalue weighted by Gasteiger charge is 2.13. The van der Waals surface area contributed by atoms with Crippen molar-refractivity contribution in [2.45, 2.75) is 6.92 Å². The summed E-state index contributed by atoms with van der Waals surface area (Å²) in [5.74, 6) is -0.0774. The molecular formula is C15H20N4O2S. The van der Waals surface area contributed by atoms with Gasteiger partial charge in [-0.1, -0.05) is 0 Å². The van der Waals surface area contributed by atoms with Crippen LogP contribution in [-0.2, 0) is 4.74 Å². The molecule has 2 aromatic rings. The number of rotatable bonds is 5. The Balaban J connectivity index is 1.51. The van der Waals surface area contributed by atoms with Gasteiger partial charge in [0.2, 0.25) is 0 Å². The van der Waals surface area contributed by atoms with Crippen LogP contribution in [0.2, 0.25) is 0 Å². The number of ether oxygens (including phenoxy) is 1. The zero-order valence-electron chi connectivity index (χ0n) is 12.6. The summed E-state index contributed by atoms with van der Waals surface area (Å²) in [6, 6.07) is 1.85. The Labute approximate surface area is 133 Å². The first kappa shape index (κ1) is 15.2. The van der Waals surface area contributed by atoms with Gasteiger partial charge in [0, 0.05) is 43.3 Å². The quantitative estimate of drug-likeness (QED) is 0.876. The lowest BCUT2D eigenvalue weighted by atomic mass is 10.2. The van der Waals surface area contributed by atoms with E-state index in [0.717, 1.165) is 49.1 Å². The molecule has 0 unspecified atom stereocenters. The van der Waals surface area contributed by atoms with Crippen molar-refractivity contribution in [1.82, 2.24) is 20.2 Å². The van der Waals surface area contributed by atoms with E-state index in [-0.39, 0.29) is 5.91 Å². The van der Waals surface area contributed by atoms with Crippen LogP contribution in [0.3, 0.4) is 0 Å². The van der Waals surface area contributed by atoms with E-state index < -0.39 is 0 Å². The highest BCUT2D eigenvalue weighted by Crippen LogP contribution is 2.22. The van der Waals surface area contributed by atoms with Gasteiger partial charge in [-0.05, 0) is 13.0 Å². The molecule has 0 saturated carbocycles. The maximum absolute atomic E-state index is 12.1. The van der Waals surface area contributed by atoms with Crippen LogP contribution in [0.25, 0.3) is 11.3 Å². The predicted molar refractivity (Wildman–Crippen MR) is 86.2 cm³/mol. The third-order valence-corrected chi connectivity index (χ3v) is 4.43. The molecule has 3 heterocycles. The lowest BCUT2D eigenvalue weighted by molar-refractivity contribution is 0.0383. The van der Waals surface area contributed by atoms with Gasteiger partial charge in [0.15, 0.2) is 0 Å². The van der Waals surface area contributed by atoms with Crippen molar-refractivity contribution in [2.24, 2.45) is 0 Å². The summed E-state index contributed by atoms with van der Waals surface area (Å²) in [5.41, 5.74) is 2.43. The second-order valence-corrected chi connectivity index (χ2v) is 6.33. The molecule has 0 spiro atoms. The monoisotopic (exact) mass is 320 g/mol. The Morgan fingerprint density at radius 1 is 1.50 bits per heavy atom. The second kappa shape index (κ2) is 7.04. The minimum atomic E-state index is -0.0774. The van der Waals surface area contributed by atoms with E-state index in [4.69, 9.17) is 4.74 Å². The molecule has 0 aromatic carbocycles. The fourth-order valence-electron chi connectivity index (χ4n) is 2.42. The molecule has 0 aliphatic carbocycles. The lowest BCUT2D eigenvalue weighted by Crippen LogP contribution is -2.41. The average molecular weight is 320 g/mol. The van der Waals surface area contributed by atoms with Gasteiger partial charge >= 0.3 is 0 Å². The number of morpholine rings is 1. The Hall–Kier alpha value is -1.70. The standard InChI is InChI=1S/C15H20N4O2S/c1-11-18-14(10-22-11)12-8-13(17-9-12)15(20)16-2-3-19-4-6-21-7-5-19/h8-10,17H,2-7H2,1H3,(H,16,20). The van der Waals surface area contributed by atoms with Gasteiger partial charge in [-0.25, -0.2) is 4.98 Å². The molecule has 1 fully saturated rings. The normalized spacial score (nSPS) is 15.9. The van der Waals surface area contributed by atoms with E-state index in [1.54, 1.807) is 11.3 Å². The molecule has 1 saturated heterocycles. The van der Waals surface area contributed by atoms with Crippen molar-refractivity contribution in [1.29, 1.82) is 0 Å². The average Bonchev–Trinajstić information content (AvgIpc) is 3.17. The van der Waals surface area contributed by atoms with Gasteiger partial charge in [0.25, 0.3) is 5.91 Å². The molecule has 2 aromatic heterocycles. The summed E-state index contributed by atoms with van der Waals surface area (Å²) in [4.78, 5) is 21.9. The van der Waals surface area contributed by atoms with Crippen LogP contribution in [0, 0.1) is 6.92 Å². The number of aromatic amines is 1. The van der Waals surface area contributed by atoms with Crippen LogP contribution in [-0.4, -0.2) is 60.2 Å². The molecule has 1 amide bonds. The number of thiazole rings is 1. The number of aryl methyl sites for hydroxylation is 1. The van der Waals surface area contributed by atoms with Gasteiger partial charge in [-0.15, -0.1) is 11.3 Å². The number of carbonyl (C=O) groups excluding carboxylic acids is 1. The van der Waals surface area contributed by atoms with Crippen molar-refractivity contribution in [3.63, 3.8) is 0 Å². The van der Waals surface area contributed by atoms with E-state index in [2.05, 4.69) is 20.2 Å². The molecule has 7 heteroatoms. The van der Waals surface area contributed by atoms with E-state index >= 15 is 0 Å². The zero-order valence-corrected chi connectivity index (χ0v) is 13.4. The van der Waals surface area contributed by atoms with Crippen LogP contribution in [0.5, 0.6) is 0 Å². The largest absolute Gasteiger partial charge is 0.379 e. The molecule has 22 heavy (non-hydrogen) atoms. The summed E-state index contributed by atoms with van der Waals surface area (Å²) in [5, 5.41) is 5.97. The van der Waals surface area contributed by atoms with Crippen LogP contribution in [0.4, 0.5) is 0 Å². The van der Waals surface area contributed by atoms with Gasteiger partial charge in [0.05, 0.1) is 23.9 Å². The van der Waals surface area contributed by atoms with E-state index in [1.165, 1.54) is 0 Å². The maximum Gasteiger partial charge on any atom is 0.267 e. The Kier molecular flexibility index (Phi) is 4.87. The SMILES string of the molecule is Cc1nc(-c2c[nH]c(C(=O)NCCN3CCOCC3)c2)cs1. The van der Waals surface area contributed by atoms with Gasteiger partial charge < -0.3 is 15.0 Å². The van der Waals surface area contributed by atoms with Crippen molar-refractivity contribution < 1.29 is 9.53 Å². The molecule has 1 aliphatic heterocycles. The Bertz CT molecular complexity index is 631. The number of H-pyrrole nitrogens is 1. The first-order valence-corrected chi connectivity index (χ1v) is 8.29. The third kappa shape index (κ3) is 3.73. The highest BCUT2D eigenvalue weighted by molar-refractivity contribution is 7.09. The number of carbonyl (C=O) groups is 1. The summed E-state index contributed by atoms with van der Waals surface area (Å²) >= 11 is 1.61. The number of hydrogen-bond acceptors (Lipinski definition) is 5. The maximum atomic E-state index is 12.1. The molecule has 0 radical (unpaired) electrons. The van der Waals surface area contributed by atoms with E-state index in [9.17, 15) is 4.79 Å². The highest BCUT2D eigenvalue weighted by atomic mass is 32.1. The molecule has 6 nitrogen and oxygen atoms in total. The van der Waals surface area contributed by atoms with Crippen molar-refractivity contribution in [3.8, 4) is 11.3 Å². The van der Waals surface area contributed by atoms with Crippen molar-refractivity contribution in [3.05, 3.63) is 28.3 Å². The summed E-state index contributed by atoms with van der Waals surface area (Å²) in [6.07, 6.45) is 1.82. The summed E-state index contributed by atoms with van der Waals surface area (Å²) < 4.78 is 5.30. The lowest BCUT2D eigenvalue weighted by Gasteiger charge is -2.26. The predicted octanol–water partition coefficient (Wildman–Crippen LogP) is 1.51. The van der Waals surface area contributed by atoms with Crippen LogP contribution in [0.15, 0.2) is 17.6 Å². The first-order chi connectivity index (χ1) is 10.7. The van der Waals surface area contributed by atoms with Crippen molar-refractivity contribution in [2.75, 3.05) is 39.4 Å². The molecule has 3 rings (SSSR count). The molecule has 2 N–H and O–H groups in total. The number of amides is 1. The minimum Gasteiger partial charge on any atom is -0.379 e. The Morgan fingerprint density at radius 3 is 3.05 bits per heavy atom. The second-order valence-electron chi connectivity index (χ2n) is 5.26. The van der Waals surface area contributed by atoms with Crippen LogP contribution in [0.1, 0.15) is 15.5 Å². The molecule has 0 bridgehead atoms. The third-order valence-electron chi connectivity index (χ3n) is 3.66. The number of aromatic nitrogens is 2. The fourth-order valence-corrected chi connectivity index (χ4v) is 3.04. The topological polar surface area (TPSA) is 70.2 Å². The molecule has 118 valence electrons. The molecule has 0 atom stereocenters. The zero-order chi connectivity index (χ0) is 15.4. The summed E-state index contributed by atoms with van der Waals surface area (Å²) in [6.45, 7) is 6.90. The van der Waals surface area contributed by atoms with E-state index in [0.29, 0.717) is 12.2 Å².